The van der Waals surface area contributed by atoms with Crippen molar-refractivity contribution in [2.24, 2.45) is 0 Å². The van der Waals surface area contributed by atoms with E-state index in [0.29, 0.717) is 22.1 Å². The molecule has 0 unspecified atom stereocenters. The average Bonchev–Trinajstić information content (AvgIpc) is 2.66. The maximum absolute atomic E-state index is 12.3. The van der Waals surface area contributed by atoms with Crippen molar-refractivity contribution in [1.29, 1.82) is 0 Å². The maximum atomic E-state index is 12.3. The standard InChI is InChI=1S/C19H16ClN3O4/c1-11-21-15-6-4-3-5-13(15)18(22-11)27-10-17(24)23-16-8-7-12(20)9-14(16)19(25)26-2/h3-9H,10H2,1-2H3,(H,23,24). The number of ether oxygens (including phenoxy) is 2. The maximum Gasteiger partial charge on any atom is 0.340 e. The Bertz CT molecular complexity index is 1020. The van der Waals surface area contributed by atoms with Gasteiger partial charge in [0.05, 0.1) is 29.3 Å². The number of hydrogen-bond donors (Lipinski definition) is 1. The first-order valence-corrected chi connectivity index (χ1v) is 8.39. The summed E-state index contributed by atoms with van der Waals surface area (Å²) in [5.41, 5.74) is 1.16. The van der Waals surface area contributed by atoms with Crippen LogP contribution in [0.15, 0.2) is 42.5 Å². The van der Waals surface area contributed by atoms with E-state index in [0.717, 1.165) is 5.52 Å². The lowest BCUT2D eigenvalue weighted by Gasteiger charge is -2.12. The number of carbonyl (C=O) groups excluding carboxylic acids is 2. The highest BCUT2D eigenvalue weighted by Gasteiger charge is 2.16. The molecule has 2 aromatic carbocycles. The van der Waals surface area contributed by atoms with E-state index in [2.05, 4.69) is 15.3 Å². The number of benzene rings is 2. The number of aromatic nitrogens is 2. The molecule has 138 valence electrons. The van der Waals surface area contributed by atoms with E-state index in [1.165, 1.54) is 19.2 Å². The first-order valence-electron chi connectivity index (χ1n) is 8.02. The summed E-state index contributed by atoms with van der Waals surface area (Å²) >= 11 is 5.91. The third-order valence-corrected chi connectivity index (χ3v) is 3.92. The van der Waals surface area contributed by atoms with Crippen molar-refractivity contribution in [3.8, 4) is 5.88 Å². The van der Waals surface area contributed by atoms with Gasteiger partial charge in [0, 0.05) is 5.02 Å². The molecule has 0 aliphatic carbocycles. The number of halogens is 1. The lowest BCUT2D eigenvalue weighted by atomic mass is 10.2. The Labute approximate surface area is 160 Å². The van der Waals surface area contributed by atoms with Crippen molar-refractivity contribution in [2.45, 2.75) is 6.92 Å². The van der Waals surface area contributed by atoms with Gasteiger partial charge >= 0.3 is 5.97 Å². The molecule has 1 heterocycles. The number of nitrogens with one attached hydrogen (secondary N) is 1. The van der Waals surface area contributed by atoms with Gasteiger partial charge < -0.3 is 14.8 Å². The fraction of sp³-hybridized carbons (Fsp3) is 0.158. The number of amides is 1. The third kappa shape index (κ3) is 4.32. The van der Waals surface area contributed by atoms with Crippen molar-refractivity contribution in [2.75, 3.05) is 19.0 Å². The predicted octanol–water partition coefficient (Wildman–Crippen LogP) is 3.40. The first kappa shape index (κ1) is 18.6. The summed E-state index contributed by atoms with van der Waals surface area (Å²) in [5.74, 6) is -0.207. The molecule has 1 N–H and O–H groups in total. The molecule has 1 amide bonds. The Morgan fingerprint density at radius 1 is 1.15 bits per heavy atom. The summed E-state index contributed by atoms with van der Waals surface area (Å²) in [6, 6.07) is 11.9. The van der Waals surface area contributed by atoms with Gasteiger partial charge in [-0.1, -0.05) is 23.7 Å². The molecule has 0 bridgehead atoms. The molecule has 0 radical (unpaired) electrons. The molecular weight excluding hydrogens is 370 g/mol. The van der Waals surface area contributed by atoms with Crippen LogP contribution in [0.2, 0.25) is 5.02 Å². The van der Waals surface area contributed by atoms with Crippen LogP contribution >= 0.6 is 11.6 Å². The van der Waals surface area contributed by atoms with Gasteiger partial charge in [-0.2, -0.15) is 4.98 Å². The van der Waals surface area contributed by atoms with Crippen LogP contribution in [0.25, 0.3) is 10.9 Å². The lowest BCUT2D eigenvalue weighted by molar-refractivity contribution is -0.118. The van der Waals surface area contributed by atoms with E-state index in [4.69, 9.17) is 21.1 Å². The summed E-state index contributed by atoms with van der Waals surface area (Å²) in [6.45, 7) is 1.46. The second-order valence-corrected chi connectivity index (χ2v) is 6.05. The Kier molecular flexibility index (Phi) is 5.52. The van der Waals surface area contributed by atoms with Crippen LogP contribution in [0, 0.1) is 6.92 Å². The third-order valence-electron chi connectivity index (χ3n) is 3.68. The van der Waals surface area contributed by atoms with E-state index in [1.807, 2.05) is 24.3 Å². The summed E-state index contributed by atoms with van der Waals surface area (Å²) in [5, 5.41) is 3.68. The molecule has 0 atom stereocenters. The molecule has 0 saturated heterocycles. The second-order valence-electron chi connectivity index (χ2n) is 5.61. The number of methoxy groups -OCH3 is 1. The summed E-state index contributed by atoms with van der Waals surface area (Å²) in [4.78, 5) is 32.7. The number of para-hydroxylation sites is 1. The van der Waals surface area contributed by atoms with E-state index >= 15 is 0 Å². The van der Waals surface area contributed by atoms with E-state index < -0.39 is 11.9 Å². The average molecular weight is 386 g/mol. The van der Waals surface area contributed by atoms with E-state index in [-0.39, 0.29) is 17.9 Å². The SMILES string of the molecule is COC(=O)c1cc(Cl)ccc1NC(=O)COc1nc(C)nc2ccccc12. The summed E-state index contributed by atoms with van der Waals surface area (Å²) in [6.07, 6.45) is 0. The highest BCUT2D eigenvalue weighted by molar-refractivity contribution is 6.31. The zero-order valence-electron chi connectivity index (χ0n) is 14.7. The van der Waals surface area contributed by atoms with Gasteiger partial charge in [0.25, 0.3) is 5.91 Å². The molecule has 8 heteroatoms. The lowest BCUT2D eigenvalue weighted by Crippen LogP contribution is -2.22. The second kappa shape index (κ2) is 8.01. The Morgan fingerprint density at radius 3 is 2.70 bits per heavy atom. The number of esters is 1. The predicted molar refractivity (Wildman–Crippen MR) is 101 cm³/mol. The van der Waals surface area contributed by atoms with Gasteiger partial charge in [-0.05, 0) is 37.3 Å². The van der Waals surface area contributed by atoms with Gasteiger partial charge in [0.2, 0.25) is 5.88 Å². The van der Waals surface area contributed by atoms with Crippen LogP contribution < -0.4 is 10.1 Å². The Morgan fingerprint density at radius 2 is 1.93 bits per heavy atom. The molecule has 0 aliphatic heterocycles. The van der Waals surface area contributed by atoms with Gasteiger partial charge in [-0.3, -0.25) is 4.79 Å². The van der Waals surface area contributed by atoms with Crippen LogP contribution in [0.4, 0.5) is 5.69 Å². The van der Waals surface area contributed by atoms with Crippen molar-refractivity contribution in [1.82, 2.24) is 9.97 Å². The molecule has 0 saturated carbocycles. The van der Waals surface area contributed by atoms with Crippen molar-refractivity contribution in [3.63, 3.8) is 0 Å². The van der Waals surface area contributed by atoms with Gasteiger partial charge in [-0.15, -0.1) is 0 Å². The molecule has 7 nitrogen and oxygen atoms in total. The van der Waals surface area contributed by atoms with Crippen molar-refractivity contribution < 1.29 is 19.1 Å². The van der Waals surface area contributed by atoms with E-state index in [9.17, 15) is 9.59 Å². The number of anilines is 1. The normalized spacial score (nSPS) is 10.5. The van der Waals surface area contributed by atoms with Crippen molar-refractivity contribution >= 4 is 40.1 Å². The van der Waals surface area contributed by atoms with Crippen LogP contribution in [0.1, 0.15) is 16.2 Å². The minimum atomic E-state index is -0.605. The molecule has 3 aromatic rings. The zero-order chi connectivity index (χ0) is 19.4. The number of carbonyl (C=O) groups is 2. The zero-order valence-corrected chi connectivity index (χ0v) is 15.4. The topological polar surface area (TPSA) is 90.4 Å². The Hall–Kier alpha value is -3.19. The number of nitrogens with zero attached hydrogens (tertiary/aromatic N) is 2. The molecular formula is C19H16ClN3O4. The number of aryl methyl sites for hydroxylation is 1. The number of fused-ring (bicyclic) bond motifs is 1. The fourth-order valence-corrected chi connectivity index (χ4v) is 2.67. The molecule has 1 aromatic heterocycles. The van der Waals surface area contributed by atoms with Crippen LogP contribution in [-0.2, 0) is 9.53 Å². The summed E-state index contributed by atoms with van der Waals surface area (Å²) < 4.78 is 10.3. The van der Waals surface area contributed by atoms with Crippen LogP contribution in [0.3, 0.4) is 0 Å². The largest absolute Gasteiger partial charge is 0.467 e. The molecule has 27 heavy (non-hydrogen) atoms. The molecule has 0 fully saturated rings. The van der Waals surface area contributed by atoms with Gasteiger partial charge in [0.15, 0.2) is 6.61 Å². The smallest absolute Gasteiger partial charge is 0.340 e. The number of rotatable bonds is 5. The number of hydrogen-bond acceptors (Lipinski definition) is 6. The monoisotopic (exact) mass is 385 g/mol. The fourth-order valence-electron chi connectivity index (χ4n) is 2.49. The highest BCUT2D eigenvalue weighted by Crippen LogP contribution is 2.23. The Balaban J connectivity index is 1.76. The minimum absolute atomic E-state index is 0.154. The van der Waals surface area contributed by atoms with Crippen LogP contribution in [0.5, 0.6) is 5.88 Å². The van der Waals surface area contributed by atoms with Crippen molar-refractivity contribution in [3.05, 3.63) is 58.9 Å². The first-order chi connectivity index (χ1) is 13.0. The molecule has 0 aliphatic rings. The highest BCUT2D eigenvalue weighted by atomic mass is 35.5. The van der Waals surface area contributed by atoms with Gasteiger partial charge in [-0.25, -0.2) is 9.78 Å². The quantitative estimate of drug-likeness (QED) is 0.677. The van der Waals surface area contributed by atoms with Gasteiger partial charge in [0.1, 0.15) is 5.82 Å². The minimum Gasteiger partial charge on any atom is -0.467 e. The summed E-state index contributed by atoms with van der Waals surface area (Å²) in [7, 11) is 1.25. The molecule has 0 spiro atoms. The molecule has 3 rings (SSSR count). The van der Waals surface area contributed by atoms with E-state index in [1.54, 1.807) is 13.0 Å². The van der Waals surface area contributed by atoms with Crippen LogP contribution in [-0.4, -0.2) is 35.6 Å².